The molecule has 0 radical (unpaired) electrons. The molecular weight excluding hydrogens is 252 g/mol. The minimum absolute atomic E-state index is 0.977. The Bertz CT molecular complexity index is 457. The van der Waals surface area contributed by atoms with E-state index in [1.807, 2.05) is 19.1 Å². The summed E-state index contributed by atoms with van der Waals surface area (Å²) in [5.41, 5.74) is 3.44. The molecule has 1 heterocycles. The molecule has 15 heavy (non-hydrogen) atoms. The molecule has 0 bridgehead atoms. The second kappa shape index (κ2) is 4.19. The number of hydrogen-bond donors (Lipinski definition) is 1. The second-order valence-electron chi connectivity index (χ2n) is 3.51. The zero-order valence-corrected chi connectivity index (χ0v) is 10.4. The summed E-state index contributed by atoms with van der Waals surface area (Å²) >= 11 is 3.43. The number of nitrogens with one attached hydrogen (secondary N) is 1. The molecule has 0 atom stereocenters. The van der Waals surface area contributed by atoms with Crippen LogP contribution in [-0.4, -0.2) is 9.97 Å². The van der Waals surface area contributed by atoms with Crippen molar-refractivity contribution in [2.75, 3.05) is 0 Å². The van der Waals surface area contributed by atoms with Crippen LogP contribution in [0.2, 0.25) is 0 Å². The van der Waals surface area contributed by atoms with Crippen molar-refractivity contribution in [3.05, 3.63) is 40.3 Å². The third kappa shape index (κ3) is 2.12. The molecule has 78 valence electrons. The molecule has 3 heteroatoms. The van der Waals surface area contributed by atoms with Crippen LogP contribution in [0.4, 0.5) is 0 Å². The first-order valence-electron chi connectivity index (χ1n) is 5.02. The maximum Gasteiger partial charge on any atom is 0.103 e. The van der Waals surface area contributed by atoms with Gasteiger partial charge in [-0.05, 0) is 25.5 Å². The Hall–Kier alpha value is -1.09. The lowest BCUT2D eigenvalue weighted by atomic mass is 10.1. The first-order chi connectivity index (χ1) is 7.20. The van der Waals surface area contributed by atoms with Gasteiger partial charge < -0.3 is 4.98 Å². The van der Waals surface area contributed by atoms with E-state index in [0.717, 1.165) is 22.4 Å². The van der Waals surface area contributed by atoms with Crippen molar-refractivity contribution in [2.45, 2.75) is 20.3 Å². The van der Waals surface area contributed by atoms with Crippen molar-refractivity contribution < 1.29 is 0 Å². The van der Waals surface area contributed by atoms with Crippen LogP contribution in [0.15, 0.2) is 28.7 Å². The van der Waals surface area contributed by atoms with Crippen LogP contribution in [-0.2, 0) is 6.42 Å². The van der Waals surface area contributed by atoms with Gasteiger partial charge in [-0.25, -0.2) is 4.98 Å². The topological polar surface area (TPSA) is 28.7 Å². The van der Waals surface area contributed by atoms with Crippen molar-refractivity contribution in [3.8, 4) is 11.3 Å². The van der Waals surface area contributed by atoms with E-state index >= 15 is 0 Å². The number of rotatable bonds is 2. The molecule has 1 N–H and O–H groups in total. The number of halogens is 1. The van der Waals surface area contributed by atoms with E-state index in [2.05, 4.69) is 45.0 Å². The molecule has 2 nitrogen and oxygen atoms in total. The van der Waals surface area contributed by atoms with Crippen molar-refractivity contribution in [1.29, 1.82) is 0 Å². The summed E-state index contributed by atoms with van der Waals surface area (Å²) in [5.74, 6) is 0.977. The maximum atomic E-state index is 4.51. The van der Waals surface area contributed by atoms with Crippen molar-refractivity contribution in [3.63, 3.8) is 0 Å². The number of aromatic nitrogens is 2. The molecule has 0 aliphatic rings. The van der Waals surface area contributed by atoms with Gasteiger partial charge in [-0.3, -0.25) is 0 Å². The van der Waals surface area contributed by atoms with Crippen LogP contribution in [0, 0.1) is 6.92 Å². The molecule has 1 aromatic heterocycles. The molecule has 0 spiro atoms. The van der Waals surface area contributed by atoms with Gasteiger partial charge in [-0.2, -0.15) is 0 Å². The predicted molar refractivity (Wildman–Crippen MR) is 65.8 cm³/mol. The average molecular weight is 265 g/mol. The van der Waals surface area contributed by atoms with E-state index in [1.165, 1.54) is 11.3 Å². The van der Waals surface area contributed by atoms with Gasteiger partial charge in [0.25, 0.3) is 0 Å². The molecule has 0 amide bonds. The van der Waals surface area contributed by atoms with Crippen LogP contribution in [0.1, 0.15) is 18.4 Å². The van der Waals surface area contributed by atoms with Crippen molar-refractivity contribution in [2.24, 2.45) is 0 Å². The average Bonchev–Trinajstić information content (AvgIpc) is 2.61. The zero-order valence-electron chi connectivity index (χ0n) is 8.84. The minimum Gasteiger partial charge on any atom is -0.346 e. The third-order valence-corrected chi connectivity index (χ3v) is 2.90. The first-order valence-corrected chi connectivity index (χ1v) is 5.81. The Morgan fingerprint density at radius 3 is 2.53 bits per heavy atom. The van der Waals surface area contributed by atoms with Gasteiger partial charge in [0.15, 0.2) is 0 Å². The number of nitrogens with zero attached hydrogens (tertiary/aromatic N) is 1. The second-order valence-corrected chi connectivity index (χ2v) is 4.43. The van der Waals surface area contributed by atoms with Crippen molar-refractivity contribution in [1.82, 2.24) is 9.97 Å². The lowest BCUT2D eigenvalue weighted by Gasteiger charge is -2.00. The highest BCUT2D eigenvalue weighted by molar-refractivity contribution is 9.10. The first kappa shape index (κ1) is 10.4. The monoisotopic (exact) mass is 264 g/mol. The molecule has 0 unspecified atom stereocenters. The van der Waals surface area contributed by atoms with E-state index in [4.69, 9.17) is 0 Å². The predicted octanol–water partition coefficient (Wildman–Crippen LogP) is 3.71. The largest absolute Gasteiger partial charge is 0.346 e. The smallest absolute Gasteiger partial charge is 0.103 e. The van der Waals surface area contributed by atoms with Gasteiger partial charge in [0.2, 0.25) is 0 Å². The fourth-order valence-corrected chi connectivity index (χ4v) is 1.91. The molecule has 0 saturated carbocycles. The van der Waals surface area contributed by atoms with E-state index in [9.17, 15) is 0 Å². The summed E-state index contributed by atoms with van der Waals surface area (Å²) in [6.45, 7) is 4.12. The van der Waals surface area contributed by atoms with Crippen molar-refractivity contribution >= 4 is 15.9 Å². The van der Waals surface area contributed by atoms with Crippen LogP contribution in [0.5, 0.6) is 0 Å². The maximum absolute atomic E-state index is 4.51. The van der Waals surface area contributed by atoms with Gasteiger partial charge in [0.1, 0.15) is 5.82 Å². The van der Waals surface area contributed by atoms with Crippen LogP contribution in [0.3, 0.4) is 0 Å². The fourth-order valence-electron chi connectivity index (χ4n) is 1.64. The van der Waals surface area contributed by atoms with E-state index < -0.39 is 0 Å². The molecule has 0 fully saturated rings. The quantitative estimate of drug-likeness (QED) is 0.881. The van der Waals surface area contributed by atoms with E-state index in [-0.39, 0.29) is 0 Å². The zero-order chi connectivity index (χ0) is 10.8. The number of aryl methyl sites for hydroxylation is 2. The highest BCUT2D eigenvalue weighted by atomic mass is 79.9. The fraction of sp³-hybridized carbons (Fsp3) is 0.250. The Labute approximate surface area is 97.9 Å². The van der Waals surface area contributed by atoms with Gasteiger partial charge >= 0.3 is 0 Å². The highest BCUT2D eigenvalue weighted by Crippen LogP contribution is 2.23. The SMILES string of the molecule is CCc1[nH]c(C)nc1-c1ccc(Br)cc1. The summed E-state index contributed by atoms with van der Waals surface area (Å²) in [7, 11) is 0. The molecule has 0 aliphatic carbocycles. The molecular formula is C12H13BrN2. The summed E-state index contributed by atoms with van der Waals surface area (Å²) in [6, 6.07) is 8.25. The number of H-pyrrole nitrogens is 1. The number of imidazole rings is 1. The third-order valence-electron chi connectivity index (χ3n) is 2.37. The molecule has 0 saturated heterocycles. The number of benzene rings is 1. The molecule has 0 aliphatic heterocycles. The number of aromatic amines is 1. The van der Waals surface area contributed by atoms with Crippen LogP contribution < -0.4 is 0 Å². The summed E-state index contributed by atoms with van der Waals surface area (Å²) in [4.78, 5) is 7.80. The lowest BCUT2D eigenvalue weighted by molar-refractivity contribution is 1.04. The Morgan fingerprint density at radius 1 is 1.27 bits per heavy atom. The summed E-state index contributed by atoms with van der Waals surface area (Å²) in [6.07, 6.45) is 0.978. The van der Waals surface area contributed by atoms with Crippen LogP contribution in [0.25, 0.3) is 11.3 Å². The summed E-state index contributed by atoms with van der Waals surface area (Å²) < 4.78 is 1.09. The van der Waals surface area contributed by atoms with Crippen LogP contribution >= 0.6 is 15.9 Å². The van der Waals surface area contributed by atoms with Gasteiger partial charge in [0.05, 0.1) is 5.69 Å². The molecule has 1 aromatic carbocycles. The Kier molecular flexibility index (Phi) is 2.91. The highest BCUT2D eigenvalue weighted by Gasteiger charge is 2.08. The minimum atomic E-state index is 0.977. The number of hydrogen-bond acceptors (Lipinski definition) is 1. The van der Waals surface area contributed by atoms with E-state index in [0.29, 0.717) is 0 Å². The standard InChI is InChI=1S/C12H13BrN2/c1-3-11-12(15-8(2)14-11)9-4-6-10(13)7-5-9/h4-7H,3H2,1-2H3,(H,14,15). The molecule has 2 rings (SSSR count). The Balaban J connectivity index is 2.48. The van der Waals surface area contributed by atoms with Gasteiger partial charge in [0, 0.05) is 15.7 Å². The van der Waals surface area contributed by atoms with Gasteiger partial charge in [-0.1, -0.05) is 35.0 Å². The molecule has 2 aromatic rings. The van der Waals surface area contributed by atoms with Gasteiger partial charge in [-0.15, -0.1) is 0 Å². The Morgan fingerprint density at radius 2 is 1.93 bits per heavy atom. The van der Waals surface area contributed by atoms with E-state index in [1.54, 1.807) is 0 Å². The lowest BCUT2D eigenvalue weighted by Crippen LogP contribution is -1.85. The summed E-state index contributed by atoms with van der Waals surface area (Å²) in [5, 5.41) is 0. The normalized spacial score (nSPS) is 10.6.